The molecule has 1 aliphatic heterocycles. The average Bonchev–Trinajstić information content (AvgIpc) is 2.94. The summed E-state index contributed by atoms with van der Waals surface area (Å²) in [6.45, 7) is 0. The second kappa shape index (κ2) is 7.33. The van der Waals surface area contributed by atoms with Crippen LogP contribution in [0.15, 0.2) is 54.6 Å². The Balaban J connectivity index is 1.78. The molecule has 0 radical (unpaired) electrons. The van der Waals surface area contributed by atoms with Crippen LogP contribution in [0.3, 0.4) is 0 Å². The Labute approximate surface area is 146 Å². The third-order valence-electron chi connectivity index (χ3n) is 4.29. The topological polar surface area (TPSA) is 79.8 Å². The van der Waals surface area contributed by atoms with Crippen LogP contribution in [-0.4, -0.2) is 31.9 Å². The number of benzene rings is 2. The van der Waals surface area contributed by atoms with E-state index in [1.807, 2.05) is 35.6 Å². The van der Waals surface area contributed by atoms with Crippen LogP contribution in [0.25, 0.3) is 0 Å². The lowest BCUT2D eigenvalue weighted by Crippen LogP contribution is -2.93. The standard InChI is InChI=1S/C18H19FN2O3S/c19-14-6-8-15(9-7-14)21-18(22)17(13-4-2-1-3-5-13)20-16-10-11-25(23,24)12-16/h1-9,16-17,20H,10-12H2,(H,21,22)/p+1/t16-,17-/m1/s1. The lowest BCUT2D eigenvalue weighted by molar-refractivity contribution is -0.710. The smallest absolute Gasteiger partial charge is 0.287 e. The first-order chi connectivity index (χ1) is 11.9. The average molecular weight is 363 g/mol. The summed E-state index contributed by atoms with van der Waals surface area (Å²) in [4.78, 5) is 12.8. The molecule has 3 N–H and O–H groups in total. The molecule has 1 saturated heterocycles. The highest BCUT2D eigenvalue weighted by Gasteiger charge is 2.35. The third kappa shape index (κ3) is 4.64. The highest BCUT2D eigenvalue weighted by Crippen LogP contribution is 2.16. The molecule has 5 nitrogen and oxygen atoms in total. The minimum Gasteiger partial charge on any atom is -0.329 e. The molecule has 25 heavy (non-hydrogen) atoms. The molecule has 0 aliphatic carbocycles. The number of halogens is 1. The fourth-order valence-corrected chi connectivity index (χ4v) is 4.77. The third-order valence-corrected chi connectivity index (χ3v) is 6.08. The number of sulfone groups is 1. The molecule has 132 valence electrons. The Morgan fingerprint density at radius 2 is 1.80 bits per heavy atom. The van der Waals surface area contributed by atoms with Crippen molar-refractivity contribution < 1.29 is 22.9 Å². The highest BCUT2D eigenvalue weighted by molar-refractivity contribution is 7.91. The molecule has 0 unspecified atom stereocenters. The number of amides is 1. The van der Waals surface area contributed by atoms with Crippen molar-refractivity contribution in [1.29, 1.82) is 0 Å². The van der Waals surface area contributed by atoms with E-state index in [9.17, 15) is 17.6 Å². The van der Waals surface area contributed by atoms with E-state index in [0.29, 0.717) is 12.1 Å². The summed E-state index contributed by atoms with van der Waals surface area (Å²) >= 11 is 0. The van der Waals surface area contributed by atoms with Gasteiger partial charge >= 0.3 is 0 Å². The molecule has 0 bridgehead atoms. The van der Waals surface area contributed by atoms with Gasteiger partial charge in [0, 0.05) is 17.7 Å². The molecule has 1 amide bonds. The van der Waals surface area contributed by atoms with E-state index >= 15 is 0 Å². The first kappa shape index (κ1) is 17.6. The van der Waals surface area contributed by atoms with Crippen LogP contribution in [0.5, 0.6) is 0 Å². The van der Waals surface area contributed by atoms with Gasteiger partial charge in [-0.3, -0.25) is 4.79 Å². The van der Waals surface area contributed by atoms with E-state index in [1.54, 1.807) is 0 Å². The summed E-state index contributed by atoms with van der Waals surface area (Å²) in [5, 5.41) is 4.59. The monoisotopic (exact) mass is 363 g/mol. The summed E-state index contributed by atoms with van der Waals surface area (Å²) in [7, 11) is -3.02. The molecule has 1 heterocycles. The van der Waals surface area contributed by atoms with E-state index in [0.717, 1.165) is 5.56 Å². The van der Waals surface area contributed by atoms with Gasteiger partial charge in [-0.1, -0.05) is 30.3 Å². The van der Waals surface area contributed by atoms with Crippen LogP contribution in [0.1, 0.15) is 18.0 Å². The first-order valence-corrected chi connectivity index (χ1v) is 9.92. The van der Waals surface area contributed by atoms with Crippen molar-refractivity contribution in [2.75, 3.05) is 16.8 Å². The highest BCUT2D eigenvalue weighted by atomic mass is 32.2. The number of quaternary nitrogens is 1. The van der Waals surface area contributed by atoms with Gasteiger partial charge in [0.15, 0.2) is 15.9 Å². The predicted octanol–water partition coefficient (Wildman–Crippen LogP) is 1.26. The van der Waals surface area contributed by atoms with E-state index < -0.39 is 15.9 Å². The van der Waals surface area contributed by atoms with Gasteiger partial charge in [0.2, 0.25) is 0 Å². The maximum Gasteiger partial charge on any atom is 0.287 e. The largest absolute Gasteiger partial charge is 0.329 e. The number of anilines is 1. The molecule has 0 saturated carbocycles. The molecule has 0 spiro atoms. The van der Waals surface area contributed by atoms with Crippen molar-refractivity contribution in [2.45, 2.75) is 18.5 Å². The summed E-state index contributed by atoms with van der Waals surface area (Å²) in [6.07, 6.45) is 0.537. The molecule has 2 aromatic rings. The Bertz CT molecular complexity index is 838. The van der Waals surface area contributed by atoms with Gasteiger partial charge in [-0.2, -0.15) is 0 Å². The van der Waals surface area contributed by atoms with E-state index in [2.05, 4.69) is 5.32 Å². The van der Waals surface area contributed by atoms with Crippen molar-refractivity contribution in [3.63, 3.8) is 0 Å². The van der Waals surface area contributed by atoms with Crippen molar-refractivity contribution in [2.24, 2.45) is 0 Å². The predicted molar refractivity (Wildman–Crippen MR) is 93.2 cm³/mol. The number of hydrogen-bond donors (Lipinski definition) is 2. The normalized spacial score (nSPS) is 20.1. The molecule has 2 atom stereocenters. The van der Waals surface area contributed by atoms with E-state index in [4.69, 9.17) is 0 Å². The van der Waals surface area contributed by atoms with E-state index in [-0.39, 0.29) is 29.3 Å². The van der Waals surface area contributed by atoms with Crippen LogP contribution in [-0.2, 0) is 14.6 Å². The first-order valence-electron chi connectivity index (χ1n) is 8.10. The maximum absolute atomic E-state index is 13.0. The minimum atomic E-state index is -3.02. The number of nitrogens with one attached hydrogen (secondary N) is 1. The summed E-state index contributed by atoms with van der Waals surface area (Å²) in [5.74, 6) is -0.391. The fourth-order valence-electron chi connectivity index (χ4n) is 3.01. The van der Waals surface area contributed by atoms with Crippen LogP contribution in [0.4, 0.5) is 10.1 Å². The Kier molecular flexibility index (Phi) is 5.15. The van der Waals surface area contributed by atoms with Crippen molar-refractivity contribution >= 4 is 21.4 Å². The van der Waals surface area contributed by atoms with Crippen LogP contribution >= 0.6 is 0 Å². The molecular weight excluding hydrogens is 343 g/mol. The number of carbonyl (C=O) groups is 1. The Morgan fingerprint density at radius 1 is 1.12 bits per heavy atom. The molecule has 2 aromatic carbocycles. The van der Waals surface area contributed by atoms with Gasteiger partial charge in [-0.25, -0.2) is 12.8 Å². The number of carbonyl (C=O) groups excluding carboxylic acids is 1. The minimum absolute atomic E-state index is 0.0835. The molecule has 1 aliphatic rings. The zero-order valence-corrected chi connectivity index (χ0v) is 14.4. The summed E-state index contributed by atoms with van der Waals surface area (Å²) in [6, 6.07) is 14.1. The van der Waals surface area contributed by atoms with Gasteiger partial charge < -0.3 is 10.6 Å². The molecular formula is C18H20FN2O3S+. The number of hydrogen-bond acceptors (Lipinski definition) is 3. The fraction of sp³-hybridized carbons (Fsp3) is 0.278. The zero-order chi connectivity index (χ0) is 17.9. The molecule has 0 aromatic heterocycles. The lowest BCUT2D eigenvalue weighted by Gasteiger charge is -2.19. The molecule has 1 fully saturated rings. The second-order valence-electron chi connectivity index (χ2n) is 6.24. The number of rotatable bonds is 5. The zero-order valence-electron chi connectivity index (χ0n) is 13.6. The van der Waals surface area contributed by atoms with E-state index in [1.165, 1.54) is 24.3 Å². The summed E-state index contributed by atoms with van der Waals surface area (Å²) < 4.78 is 36.4. The maximum atomic E-state index is 13.0. The van der Waals surface area contributed by atoms with Crippen molar-refractivity contribution in [3.05, 3.63) is 66.0 Å². The second-order valence-corrected chi connectivity index (χ2v) is 8.47. The lowest BCUT2D eigenvalue weighted by atomic mass is 10.0. The van der Waals surface area contributed by atoms with Gasteiger partial charge in [0.05, 0.1) is 5.75 Å². The Morgan fingerprint density at radius 3 is 2.40 bits per heavy atom. The van der Waals surface area contributed by atoms with Crippen molar-refractivity contribution in [1.82, 2.24) is 0 Å². The Hall–Kier alpha value is -2.25. The molecule has 3 rings (SSSR count). The summed E-state index contributed by atoms with van der Waals surface area (Å²) in [5.41, 5.74) is 1.30. The van der Waals surface area contributed by atoms with Crippen LogP contribution in [0, 0.1) is 5.82 Å². The van der Waals surface area contributed by atoms with Gasteiger partial charge in [-0.05, 0) is 24.3 Å². The quantitative estimate of drug-likeness (QED) is 0.839. The van der Waals surface area contributed by atoms with Gasteiger partial charge in [0.25, 0.3) is 5.91 Å². The van der Waals surface area contributed by atoms with Gasteiger partial charge in [-0.15, -0.1) is 0 Å². The SMILES string of the molecule is O=C(Nc1ccc(F)cc1)[C@H]([NH2+][C@@H]1CCS(=O)(=O)C1)c1ccccc1. The van der Waals surface area contributed by atoms with Crippen LogP contribution in [0.2, 0.25) is 0 Å². The van der Waals surface area contributed by atoms with Crippen molar-refractivity contribution in [3.8, 4) is 0 Å². The molecule has 7 heteroatoms. The van der Waals surface area contributed by atoms with Gasteiger partial charge in [0.1, 0.15) is 17.6 Å². The van der Waals surface area contributed by atoms with Crippen LogP contribution < -0.4 is 10.6 Å². The number of nitrogens with two attached hydrogens (primary N) is 1.